The van der Waals surface area contributed by atoms with Crippen molar-refractivity contribution in [1.29, 1.82) is 0 Å². The van der Waals surface area contributed by atoms with Crippen LogP contribution in [0.25, 0.3) is 0 Å². The van der Waals surface area contributed by atoms with Crippen LogP contribution in [-0.4, -0.2) is 46.6 Å². The molecule has 1 aromatic carbocycles. The molecule has 0 spiro atoms. The molecule has 4 rings (SSSR count). The zero-order valence-corrected chi connectivity index (χ0v) is 14.6. The van der Waals surface area contributed by atoms with E-state index in [2.05, 4.69) is 15.3 Å². The quantitative estimate of drug-likeness (QED) is 0.836. The first-order chi connectivity index (χ1) is 13.1. The van der Waals surface area contributed by atoms with Crippen LogP contribution >= 0.6 is 0 Å². The lowest BCUT2D eigenvalue weighted by Crippen LogP contribution is -2.41. The van der Waals surface area contributed by atoms with E-state index in [0.29, 0.717) is 48.7 Å². The minimum absolute atomic E-state index is 0.0662. The number of carbonyl (C=O) groups is 2. The van der Waals surface area contributed by atoms with E-state index >= 15 is 0 Å². The maximum Gasteiger partial charge on any atom is 0.259 e. The summed E-state index contributed by atoms with van der Waals surface area (Å²) in [6, 6.07) is 5.30. The monoisotopic (exact) mass is 369 g/mol. The molecule has 1 aromatic heterocycles. The molecule has 27 heavy (non-hydrogen) atoms. The number of nitrogens with zero attached hydrogens (tertiary/aromatic N) is 3. The molecule has 3 heterocycles. The van der Waals surface area contributed by atoms with Gasteiger partial charge in [0.25, 0.3) is 5.91 Å². The van der Waals surface area contributed by atoms with Crippen molar-refractivity contribution in [2.45, 2.75) is 12.8 Å². The van der Waals surface area contributed by atoms with Gasteiger partial charge in [0.1, 0.15) is 12.1 Å². The van der Waals surface area contributed by atoms with Crippen LogP contribution in [0.2, 0.25) is 0 Å². The lowest BCUT2D eigenvalue weighted by atomic mass is 9.95. The highest BCUT2D eigenvalue weighted by Crippen LogP contribution is 2.34. The number of rotatable bonds is 3. The Morgan fingerprint density at radius 3 is 2.74 bits per heavy atom. The second-order valence-electron chi connectivity index (χ2n) is 6.45. The second-order valence-corrected chi connectivity index (χ2v) is 6.45. The Morgan fingerprint density at radius 1 is 1.19 bits per heavy atom. The normalized spacial score (nSPS) is 16.2. The zero-order chi connectivity index (χ0) is 18.8. The van der Waals surface area contributed by atoms with Crippen molar-refractivity contribution in [3.63, 3.8) is 0 Å². The largest absolute Gasteiger partial charge is 0.454 e. The summed E-state index contributed by atoms with van der Waals surface area (Å²) in [5, 5.41) is 2.91. The van der Waals surface area contributed by atoms with Crippen LogP contribution in [-0.2, 0) is 4.79 Å². The summed E-state index contributed by atoms with van der Waals surface area (Å²) in [6.07, 6.45) is 3.88. The first kappa shape index (κ1) is 17.1. The van der Waals surface area contributed by atoms with Gasteiger partial charge < -0.3 is 25.4 Å². The van der Waals surface area contributed by atoms with Crippen LogP contribution < -0.4 is 20.5 Å². The molecule has 0 aliphatic carbocycles. The number of hydrogen-bond acceptors (Lipinski definition) is 7. The van der Waals surface area contributed by atoms with Crippen molar-refractivity contribution in [2.75, 3.05) is 30.9 Å². The summed E-state index contributed by atoms with van der Waals surface area (Å²) in [4.78, 5) is 34.5. The van der Waals surface area contributed by atoms with Gasteiger partial charge in [0.05, 0.1) is 5.56 Å². The van der Waals surface area contributed by atoms with Crippen LogP contribution in [0.5, 0.6) is 11.5 Å². The fourth-order valence-corrected chi connectivity index (χ4v) is 3.24. The molecule has 1 fully saturated rings. The number of amides is 2. The average molecular weight is 369 g/mol. The van der Waals surface area contributed by atoms with Crippen molar-refractivity contribution in [2.24, 2.45) is 5.92 Å². The lowest BCUT2D eigenvalue weighted by Gasteiger charge is -2.31. The second kappa shape index (κ2) is 7.10. The maximum atomic E-state index is 12.5. The van der Waals surface area contributed by atoms with Gasteiger partial charge in [0, 0.05) is 37.0 Å². The molecule has 9 heteroatoms. The fraction of sp³-hybridized carbons (Fsp3) is 0.333. The third kappa shape index (κ3) is 3.48. The Bertz CT molecular complexity index is 880. The summed E-state index contributed by atoms with van der Waals surface area (Å²) in [6.45, 7) is 1.15. The highest BCUT2D eigenvalue weighted by molar-refractivity contribution is 5.98. The molecule has 3 N–H and O–H groups in total. The fourth-order valence-electron chi connectivity index (χ4n) is 3.24. The van der Waals surface area contributed by atoms with E-state index in [9.17, 15) is 9.59 Å². The Kier molecular flexibility index (Phi) is 4.49. The van der Waals surface area contributed by atoms with Crippen LogP contribution in [0, 0.1) is 5.92 Å². The Labute approximate surface area is 155 Å². The lowest BCUT2D eigenvalue weighted by molar-refractivity contribution is -0.121. The Morgan fingerprint density at radius 2 is 1.96 bits per heavy atom. The standard InChI is InChI=1S/C18H19N5O4/c19-16-13(8-20-9-21-16)18(25)23-5-3-11(4-6-23)17(24)22-12-1-2-14-15(7-12)27-10-26-14/h1-2,7-9,11H,3-6,10H2,(H,22,24)(H2,19,20,21). The molecular weight excluding hydrogens is 350 g/mol. The SMILES string of the molecule is Nc1ncncc1C(=O)N1CCC(C(=O)Nc2ccc3c(c2)OCO3)CC1. The first-order valence-corrected chi connectivity index (χ1v) is 8.67. The van der Waals surface area contributed by atoms with Crippen molar-refractivity contribution >= 4 is 23.3 Å². The van der Waals surface area contributed by atoms with E-state index in [1.54, 1.807) is 23.1 Å². The molecule has 0 radical (unpaired) electrons. The topological polar surface area (TPSA) is 120 Å². The third-order valence-electron chi connectivity index (χ3n) is 4.77. The third-order valence-corrected chi connectivity index (χ3v) is 4.77. The predicted octanol–water partition coefficient (Wildman–Crippen LogP) is 1.28. The van der Waals surface area contributed by atoms with Crippen LogP contribution in [0.4, 0.5) is 11.5 Å². The molecule has 0 atom stereocenters. The van der Waals surface area contributed by atoms with Crippen LogP contribution in [0.3, 0.4) is 0 Å². The van der Waals surface area contributed by atoms with Gasteiger partial charge in [0.2, 0.25) is 12.7 Å². The van der Waals surface area contributed by atoms with Crippen molar-refractivity contribution < 1.29 is 19.1 Å². The minimum Gasteiger partial charge on any atom is -0.454 e. The number of nitrogens with two attached hydrogens (primary N) is 1. The number of piperidine rings is 1. The van der Waals surface area contributed by atoms with Gasteiger partial charge in [0.15, 0.2) is 11.5 Å². The van der Waals surface area contributed by atoms with Crippen molar-refractivity contribution in [1.82, 2.24) is 14.9 Å². The van der Waals surface area contributed by atoms with Gasteiger partial charge in [-0.05, 0) is 25.0 Å². The summed E-state index contributed by atoms with van der Waals surface area (Å²) < 4.78 is 10.6. The number of carbonyl (C=O) groups excluding carboxylic acids is 2. The summed E-state index contributed by atoms with van der Waals surface area (Å²) >= 11 is 0. The van der Waals surface area contributed by atoms with Gasteiger partial charge in [-0.2, -0.15) is 0 Å². The minimum atomic E-state index is -0.206. The molecule has 1 saturated heterocycles. The van der Waals surface area contributed by atoms with Gasteiger partial charge in [-0.15, -0.1) is 0 Å². The van der Waals surface area contributed by atoms with Crippen LogP contribution in [0.1, 0.15) is 23.2 Å². The number of nitrogens with one attached hydrogen (secondary N) is 1. The number of benzene rings is 1. The van der Waals surface area contributed by atoms with E-state index in [1.165, 1.54) is 12.5 Å². The number of aromatic nitrogens is 2. The Hall–Kier alpha value is -3.36. The number of likely N-dealkylation sites (tertiary alicyclic amines) is 1. The van der Waals surface area contributed by atoms with E-state index in [4.69, 9.17) is 15.2 Å². The molecule has 0 bridgehead atoms. The number of fused-ring (bicyclic) bond motifs is 1. The molecule has 0 unspecified atom stereocenters. The van der Waals surface area contributed by atoms with E-state index in [1.807, 2.05) is 0 Å². The molecule has 140 valence electrons. The number of anilines is 2. The van der Waals surface area contributed by atoms with Crippen molar-refractivity contribution in [3.8, 4) is 11.5 Å². The summed E-state index contributed by atoms with van der Waals surface area (Å²) in [5.41, 5.74) is 6.70. The Balaban J connectivity index is 1.34. The average Bonchev–Trinajstić information content (AvgIpc) is 3.16. The van der Waals surface area contributed by atoms with E-state index in [0.717, 1.165) is 0 Å². The predicted molar refractivity (Wildman–Crippen MR) is 96.3 cm³/mol. The van der Waals surface area contributed by atoms with Crippen LogP contribution in [0.15, 0.2) is 30.7 Å². The molecule has 2 amide bonds. The zero-order valence-electron chi connectivity index (χ0n) is 14.6. The maximum absolute atomic E-state index is 12.5. The molecule has 2 aliphatic rings. The summed E-state index contributed by atoms with van der Waals surface area (Å²) in [5.74, 6) is 1.02. The summed E-state index contributed by atoms with van der Waals surface area (Å²) in [7, 11) is 0. The highest BCUT2D eigenvalue weighted by atomic mass is 16.7. The van der Waals surface area contributed by atoms with E-state index in [-0.39, 0.29) is 30.3 Å². The number of hydrogen-bond donors (Lipinski definition) is 2. The van der Waals surface area contributed by atoms with Gasteiger partial charge in [-0.25, -0.2) is 9.97 Å². The smallest absolute Gasteiger partial charge is 0.259 e. The van der Waals surface area contributed by atoms with Crippen molar-refractivity contribution in [3.05, 3.63) is 36.3 Å². The molecule has 2 aliphatic heterocycles. The van der Waals surface area contributed by atoms with Gasteiger partial charge in [-0.3, -0.25) is 9.59 Å². The number of ether oxygens (including phenoxy) is 2. The molecule has 9 nitrogen and oxygen atoms in total. The molecular formula is C18H19N5O4. The highest BCUT2D eigenvalue weighted by Gasteiger charge is 2.29. The molecule has 0 saturated carbocycles. The first-order valence-electron chi connectivity index (χ1n) is 8.67. The number of nitrogen functional groups attached to an aromatic ring is 1. The molecule has 2 aromatic rings. The van der Waals surface area contributed by atoms with E-state index < -0.39 is 0 Å². The van der Waals surface area contributed by atoms with Gasteiger partial charge in [-0.1, -0.05) is 0 Å². The van der Waals surface area contributed by atoms with Gasteiger partial charge >= 0.3 is 0 Å².